The van der Waals surface area contributed by atoms with E-state index in [2.05, 4.69) is 13.8 Å². The zero-order valence-corrected chi connectivity index (χ0v) is 11.7. The lowest BCUT2D eigenvalue weighted by Crippen LogP contribution is -2.25. The van der Waals surface area contributed by atoms with E-state index in [-0.39, 0.29) is 29.4 Å². The summed E-state index contributed by atoms with van der Waals surface area (Å²) in [4.78, 5) is 11.8. The predicted octanol–water partition coefficient (Wildman–Crippen LogP) is 2.12. The molecule has 3 aliphatic heterocycles. The van der Waals surface area contributed by atoms with Gasteiger partial charge in [-0.25, -0.2) is 4.79 Å². The lowest BCUT2D eigenvalue weighted by Gasteiger charge is -2.18. The van der Waals surface area contributed by atoms with E-state index in [1.807, 2.05) is 6.92 Å². The second kappa shape index (κ2) is 3.41. The fraction of sp³-hybridized carbons (Fsp3) is 0.800. The summed E-state index contributed by atoms with van der Waals surface area (Å²) in [5.74, 6) is -0.164. The minimum absolute atomic E-state index is 0.0202. The van der Waals surface area contributed by atoms with Crippen molar-refractivity contribution in [1.82, 2.24) is 0 Å². The van der Waals surface area contributed by atoms with E-state index >= 15 is 0 Å². The van der Waals surface area contributed by atoms with Crippen LogP contribution in [0.2, 0.25) is 0 Å². The molecule has 0 aromatic rings. The van der Waals surface area contributed by atoms with Crippen LogP contribution in [-0.2, 0) is 19.0 Å². The fourth-order valence-corrected chi connectivity index (χ4v) is 3.70. The van der Waals surface area contributed by atoms with Crippen molar-refractivity contribution < 1.29 is 19.0 Å². The van der Waals surface area contributed by atoms with Crippen LogP contribution in [-0.4, -0.2) is 35.5 Å². The molecule has 5 atom stereocenters. The molecule has 19 heavy (non-hydrogen) atoms. The molecule has 0 bridgehead atoms. The van der Waals surface area contributed by atoms with Crippen molar-refractivity contribution in [1.29, 1.82) is 0 Å². The third-order valence-corrected chi connectivity index (χ3v) is 5.40. The van der Waals surface area contributed by atoms with E-state index in [0.717, 1.165) is 36.8 Å². The molecule has 4 aliphatic rings. The quantitative estimate of drug-likeness (QED) is 0.497. The smallest absolute Gasteiger partial charge is 0.334 e. The van der Waals surface area contributed by atoms with E-state index in [1.54, 1.807) is 0 Å². The van der Waals surface area contributed by atoms with Gasteiger partial charge in [0.05, 0.1) is 23.4 Å². The highest BCUT2D eigenvalue weighted by molar-refractivity contribution is 5.91. The molecule has 4 rings (SSSR count). The van der Waals surface area contributed by atoms with Crippen LogP contribution in [0.1, 0.15) is 46.5 Å². The number of fused-ring (bicyclic) bond motifs is 3. The van der Waals surface area contributed by atoms with Gasteiger partial charge in [-0.05, 0) is 39.2 Å². The molecule has 0 N–H and O–H groups in total. The number of ether oxygens (including phenoxy) is 3. The van der Waals surface area contributed by atoms with Crippen LogP contribution < -0.4 is 0 Å². The van der Waals surface area contributed by atoms with Crippen LogP contribution in [0.25, 0.3) is 0 Å². The first-order chi connectivity index (χ1) is 8.91. The van der Waals surface area contributed by atoms with E-state index in [4.69, 9.17) is 14.2 Å². The highest BCUT2D eigenvalue weighted by Crippen LogP contribution is 2.53. The number of epoxide rings is 2. The van der Waals surface area contributed by atoms with Crippen LogP contribution in [0, 0.1) is 0 Å². The van der Waals surface area contributed by atoms with E-state index in [0.29, 0.717) is 6.10 Å². The van der Waals surface area contributed by atoms with Crippen LogP contribution in [0.3, 0.4) is 0 Å². The lowest BCUT2D eigenvalue weighted by atomic mass is 9.85. The Balaban J connectivity index is 1.66. The number of rotatable bonds is 0. The van der Waals surface area contributed by atoms with Gasteiger partial charge in [-0.15, -0.1) is 0 Å². The Bertz CT molecular complexity index is 496. The zero-order valence-electron chi connectivity index (χ0n) is 11.7. The molecule has 1 aliphatic carbocycles. The Morgan fingerprint density at radius 3 is 2.68 bits per heavy atom. The Kier molecular flexibility index (Phi) is 2.14. The molecule has 0 aromatic carbocycles. The van der Waals surface area contributed by atoms with Gasteiger partial charge in [-0.3, -0.25) is 0 Å². The minimum Gasteiger partial charge on any atom is -0.454 e. The molecule has 0 unspecified atom stereocenters. The summed E-state index contributed by atoms with van der Waals surface area (Å²) in [6, 6.07) is 0. The second-order valence-corrected chi connectivity index (χ2v) is 6.83. The van der Waals surface area contributed by atoms with Gasteiger partial charge in [-0.2, -0.15) is 0 Å². The molecule has 0 radical (unpaired) electrons. The summed E-state index contributed by atoms with van der Waals surface area (Å²) in [5, 5.41) is 0. The highest BCUT2D eigenvalue weighted by atomic mass is 16.6. The molecule has 3 heterocycles. The minimum atomic E-state index is -0.164. The molecule has 4 heteroatoms. The maximum absolute atomic E-state index is 11.8. The van der Waals surface area contributed by atoms with Crippen molar-refractivity contribution in [3.63, 3.8) is 0 Å². The second-order valence-electron chi connectivity index (χ2n) is 6.83. The van der Waals surface area contributed by atoms with Gasteiger partial charge in [0.15, 0.2) is 0 Å². The van der Waals surface area contributed by atoms with Crippen molar-refractivity contribution in [3.8, 4) is 0 Å². The maximum Gasteiger partial charge on any atom is 0.334 e. The van der Waals surface area contributed by atoms with Gasteiger partial charge >= 0.3 is 5.97 Å². The Labute approximate surface area is 113 Å². The van der Waals surface area contributed by atoms with Crippen molar-refractivity contribution in [3.05, 3.63) is 11.1 Å². The van der Waals surface area contributed by atoms with Crippen LogP contribution in [0.4, 0.5) is 0 Å². The number of hydrogen-bond acceptors (Lipinski definition) is 4. The SMILES string of the molecule is CC1=C2C[C@H]3O[C@@]3(C)CC[C@H]3O[C@@]3(C)C[C@@H]2OC1=O. The Hall–Kier alpha value is -0.870. The van der Waals surface area contributed by atoms with Gasteiger partial charge in [0.25, 0.3) is 0 Å². The average Bonchev–Trinajstić information content (AvgIpc) is 3.15. The molecule has 3 fully saturated rings. The number of esters is 1. The number of carbonyl (C=O) groups excluding carboxylic acids is 1. The third kappa shape index (κ3) is 1.69. The van der Waals surface area contributed by atoms with Gasteiger partial charge in [0.2, 0.25) is 0 Å². The Morgan fingerprint density at radius 1 is 1.16 bits per heavy atom. The van der Waals surface area contributed by atoms with E-state index < -0.39 is 0 Å². The van der Waals surface area contributed by atoms with Crippen molar-refractivity contribution in [2.45, 2.75) is 76.0 Å². The van der Waals surface area contributed by atoms with Crippen LogP contribution in [0.15, 0.2) is 11.1 Å². The molecule has 2 saturated heterocycles. The summed E-state index contributed by atoms with van der Waals surface area (Å²) in [6.07, 6.45) is 4.16. The fourth-order valence-electron chi connectivity index (χ4n) is 3.70. The number of hydrogen-bond donors (Lipinski definition) is 0. The van der Waals surface area contributed by atoms with Crippen molar-refractivity contribution >= 4 is 5.97 Å². The highest BCUT2D eigenvalue weighted by Gasteiger charge is 2.60. The first-order valence-electron chi connectivity index (χ1n) is 7.18. The van der Waals surface area contributed by atoms with Gasteiger partial charge in [0, 0.05) is 18.4 Å². The molecular formula is C15H20O4. The third-order valence-electron chi connectivity index (χ3n) is 5.40. The lowest BCUT2D eigenvalue weighted by molar-refractivity contribution is -0.140. The summed E-state index contributed by atoms with van der Waals surface area (Å²) in [6.45, 7) is 6.17. The zero-order chi connectivity index (χ0) is 13.4. The largest absolute Gasteiger partial charge is 0.454 e. The standard InChI is InChI=1S/C15H20O4/c1-8-9-6-12-14(2,19-12)5-4-11-15(3,18-11)7-10(9)17-13(8)16/h10-12H,4-7H2,1-3H3/t10-,11+,12+,14-,15-/m0/s1. The summed E-state index contributed by atoms with van der Waals surface area (Å²) >= 11 is 0. The molecule has 0 aromatic heterocycles. The molecule has 4 nitrogen and oxygen atoms in total. The molecule has 0 spiro atoms. The maximum atomic E-state index is 11.8. The summed E-state index contributed by atoms with van der Waals surface area (Å²) < 4.78 is 17.3. The van der Waals surface area contributed by atoms with E-state index in [1.165, 1.54) is 0 Å². The first-order valence-corrected chi connectivity index (χ1v) is 7.18. The van der Waals surface area contributed by atoms with Gasteiger partial charge in [-0.1, -0.05) is 0 Å². The predicted molar refractivity (Wildman–Crippen MR) is 67.6 cm³/mol. The topological polar surface area (TPSA) is 51.4 Å². The Morgan fingerprint density at radius 2 is 1.89 bits per heavy atom. The van der Waals surface area contributed by atoms with E-state index in [9.17, 15) is 4.79 Å². The molecular weight excluding hydrogens is 244 g/mol. The summed E-state index contributed by atoms with van der Waals surface area (Å²) in [7, 11) is 0. The average molecular weight is 264 g/mol. The number of carbonyl (C=O) groups is 1. The van der Waals surface area contributed by atoms with Crippen molar-refractivity contribution in [2.75, 3.05) is 0 Å². The van der Waals surface area contributed by atoms with Crippen LogP contribution >= 0.6 is 0 Å². The summed E-state index contributed by atoms with van der Waals surface area (Å²) in [5.41, 5.74) is 1.78. The van der Waals surface area contributed by atoms with Gasteiger partial charge in [0.1, 0.15) is 6.10 Å². The first kappa shape index (κ1) is 11.9. The molecule has 0 amide bonds. The molecule has 104 valence electrons. The molecule has 1 saturated carbocycles. The normalized spacial score (nSPS) is 51.9. The van der Waals surface area contributed by atoms with Gasteiger partial charge < -0.3 is 14.2 Å². The van der Waals surface area contributed by atoms with Crippen molar-refractivity contribution in [2.24, 2.45) is 0 Å². The monoisotopic (exact) mass is 264 g/mol. The van der Waals surface area contributed by atoms with Crippen LogP contribution in [0.5, 0.6) is 0 Å².